The number of halogens is 2. The molecule has 90 valence electrons. The van der Waals surface area contributed by atoms with Crippen molar-refractivity contribution in [1.82, 2.24) is 0 Å². The Hall–Kier alpha value is -1.31. The number of Topliss-reactive ketones (excluding diaryl/α,β-unsaturated/α-hetero) is 1. The van der Waals surface area contributed by atoms with Crippen molar-refractivity contribution < 1.29 is 4.79 Å². The second-order valence-corrected chi connectivity index (χ2v) is 5.22. The topological polar surface area (TPSA) is 17.1 Å². The van der Waals surface area contributed by atoms with Crippen molar-refractivity contribution in [3.8, 4) is 0 Å². The molecule has 2 aromatic rings. The van der Waals surface area contributed by atoms with Gasteiger partial charge in [0.1, 0.15) is 0 Å². The highest BCUT2D eigenvalue weighted by molar-refractivity contribution is 6.37. The van der Waals surface area contributed by atoms with Crippen molar-refractivity contribution in [2.24, 2.45) is 0 Å². The zero-order valence-corrected chi connectivity index (χ0v) is 11.0. The van der Waals surface area contributed by atoms with Crippen LogP contribution in [0.4, 0.5) is 0 Å². The molecular weight excluding hydrogens is 267 g/mol. The predicted molar refractivity (Wildman–Crippen MR) is 73.7 cm³/mol. The van der Waals surface area contributed by atoms with Crippen LogP contribution in [0.5, 0.6) is 0 Å². The van der Waals surface area contributed by atoms with Crippen LogP contribution in [0.25, 0.3) is 0 Å². The van der Waals surface area contributed by atoms with E-state index in [2.05, 4.69) is 0 Å². The van der Waals surface area contributed by atoms with Crippen LogP contribution >= 0.6 is 23.2 Å². The highest BCUT2D eigenvalue weighted by Crippen LogP contribution is 2.44. The van der Waals surface area contributed by atoms with E-state index in [-0.39, 0.29) is 11.7 Å². The molecule has 0 aliphatic heterocycles. The summed E-state index contributed by atoms with van der Waals surface area (Å²) in [7, 11) is 0. The first-order valence-corrected chi connectivity index (χ1v) is 6.50. The molecule has 1 unspecified atom stereocenters. The molecule has 1 aliphatic carbocycles. The number of rotatable bonds is 1. The first-order valence-electron chi connectivity index (χ1n) is 5.74. The van der Waals surface area contributed by atoms with E-state index >= 15 is 0 Å². The van der Waals surface area contributed by atoms with Crippen LogP contribution in [0.2, 0.25) is 10.0 Å². The van der Waals surface area contributed by atoms with Crippen LogP contribution in [0.15, 0.2) is 42.5 Å². The minimum Gasteiger partial charge on any atom is -0.294 e. The number of benzene rings is 2. The second-order valence-electron chi connectivity index (χ2n) is 4.41. The van der Waals surface area contributed by atoms with Crippen LogP contribution in [0.1, 0.15) is 33.8 Å². The van der Waals surface area contributed by atoms with E-state index in [0.29, 0.717) is 22.0 Å². The van der Waals surface area contributed by atoms with E-state index in [9.17, 15) is 4.79 Å². The summed E-state index contributed by atoms with van der Waals surface area (Å²) in [6, 6.07) is 13.4. The van der Waals surface area contributed by atoms with E-state index in [1.165, 1.54) is 0 Å². The standard InChI is InChI=1S/C15H10Cl2O/c16-11-6-7-12(17)15-13(18)8-10(14(11)15)9-4-2-1-3-5-9/h1-7,10H,8H2. The van der Waals surface area contributed by atoms with Gasteiger partial charge in [-0.1, -0.05) is 53.5 Å². The minimum absolute atomic E-state index is 0.0277. The van der Waals surface area contributed by atoms with Gasteiger partial charge in [0, 0.05) is 22.9 Å². The Morgan fingerprint density at radius 3 is 2.33 bits per heavy atom. The molecule has 0 bridgehead atoms. The lowest BCUT2D eigenvalue weighted by Crippen LogP contribution is -1.97. The van der Waals surface area contributed by atoms with Crippen LogP contribution in [0.3, 0.4) is 0 Å². The Balaban J connectivity index is 2.20. The largest absolute Gasteiger partial charge is 0.294 e. The number of hydrogen-bond donors (Lipinski definition) is 0. The van der Waals surface area contributed by atoms with Gasteiger partial charge in [-0.05, 0) is 23.3 Å². The van der Waals surface area contributed by atoms with Gasteiger partial charge < -0.3 is 0 Å². The zero-order chi connectivity index (χ0) is 12.7. The lowest BCUT2D eigenvalue weighted by atomic mass is 9.93. The van der Waals surface area contributed by atoms with Crippen molar-refractivity contribution >= 4 is 29.0 Å². The maximum atomic E-state index is 12.1. The van der Waals surface area contributed by atoms with Crippen LogP contribution < -0.4 is 0 Å². The quantitative estimate of drug-likeness (QED) is 0.737. The van der Waals surface area contributed by atoms with Crippen molar-refractivity contribution in [1.29, 1.82) is 0 Å². The molecule has 0 radical (unpaired) electrons. The summed E-state index contributed by atoms with van der Waals surface area (Å²) in [6.07, 6.45) is 0.447. The second kappa shape index (κ2) is 4.42. The highest BCUT2D eigenvalue weighted by Gasteiger charge is 2.34. The van der Waals surface area contributed by atoms with Crippen LogP contribution in [-0.2, 0) is 0 Å². The van der Waals surface area contributed by atoms with E-state index in [1.54, 1.807) is 12.1 Å². The molecule has 0 spiro atoms. The van der Waals surface area contributed by atoms with Gasteiger partial charge in [0.2, 0.25) is 0 Å². The van der Waals surface area contributed by atoms with Gasteiger partial charge in [-0.25, -0.2) is 0 Å². The third-order valence-electron chi connectivity index (χ3n) is 3.36. The molecule has 18 heavy (non-hydrogen) atoms. The summed E-state index contributed by atoms with van der Waals surface area (Å²) in [6.45, 7) is 0. The molecule has 0 amide bonds. The molecule has 0 fully saturated rings. The summed E-state index contributed by atoms with van der Waals surface area (Å²) in [4.78, 5) is 12.1. The first kappa shape index (κ1) is 11.8. The number of carbonyl (C=O) groups is 1. The van der Waals surface area contributed by atoms with Crippen molar-refractivity contribution in [3.63, 3.8) is 0 Å². The molecule has 0 N–H and O–H groups in total. The molecular formula is C15H10Cl2O. The number of ketones is 1. The van der Waals surface area contributed by atoms with Crippen molar-refractivity contribution in [2.45, 2.75) is 12.3 Å². The Morgan fingerprint density at radius 2 is 1.61 bits per heavy atom. The average Bonchev–Trinajstić information content (AvgIpc) is 2.74. The molecule has 1 nitrogen and oxygen atoms in total. The lowest BCUT2D eigenvalue weighted by molar-refractivity contribution is 0.0991. The lowest BCUT2D eigenvalue weighted by Gasteiger charge is -2.12. The molecule has 1 atom stereocenters. The van der Waals surface area contributed by atoms with Gasteiger partial charge in [-0.3, -0.25) is 4.79 Å². The molecule has 2 aromatic carbocycles. The number of fused-ring (bicyclic) bond motifs is 1. The first-order chi connectivity index (χ1) is 8.68. The molecule has 0 saturated carbocycles. The van der Waals surface area contributed by atoms with Gasteiger partial charge >= 0.3 is 0 Å². The van der Waals surface area contributed by atoms with Crippen molar-refractivity contribution in [3.05, 3.63) is 69.2 Å². The molecule has 0 aromatic heterocycles. The summed E-state index contributed by atoms with van der Waals surface area (Å²) in [5.74, 6) is 0.103. The fraction of sp³-hybridized carbons (Fsp3) is 0.133. The summed E-state index contributed by atoms with van der Waals surface area (Å²) >= 11 is 12.4. The third kappa shape index (κ3) is 1.75. The summed E-state index contributed by atoms with van der Waals surface area (Å²) in [5, 5.41) is 1.12. The van der Waals surface area contributed by atoms with Gasteiger partial charge in [0.25, 0.3) is 0 Å². The molecule has 3 heteroatoms. The van der Waals surface area contributed by atoms with Crippen LogP contribution in [0, 0.1) is 0 Å². The van der Waals surface area contributed by atoms with Crippen molar-refractivity contribution in [2.75, 3.05) is 0 Å². The van der Waals surface area contributed by atoms with E-state index < -0.39 is 0 Å². The Morgan fingerprint density at radius 1 is 0.944 bits per heavy atom. The molecule has 3 rings (SSSR count). The Bertz CT molecular complexity index is 620. The maximum absolute atomic E-state index is 12.1. The number of carbonyl (C=O) groups excluding carboxylic acids is 1. The third-order valence-corrected chi connectivity index (χ3v) is 4.00. The Labute approximate surface area is 115 Å². The van der Waals surface area contributed by atoms with Crippen LogP contribution in [-0.4, -0.2) is 5.78 Å². The molecule has 0 saturated heterocycles. The zero-order valence-electron chi connectivity index (χ0n) is 9.49. The average molecular weight is 277 g/mol. The van der Waals surface area contributed by atoms with Gasteiger partial charge in [0.15, 0.2) is 5.78 Å². The minimum atomic E-state index is 0.0277. The molecule has 0 heterocycles. The van der Waals surface area contributed by atoms with Gasteiger partial charge in [-0.2, -0.15) is 0 Å². The predicted octanol–water partition coefficient (Wildman–Crippen LogP) is 4.71. The Kier molecular flexibility index (Phi) is 2.89. The number of hydrogen-bond acceptors (Lipinski definition) is 1. The van der Waals surface area contributed by atoms with Gasteiger partial charge in [0.05, 0.1) is 5.02 Å². The van der Waals surface area contributed by atoms with E-state index in [4.69, 9.17) is 23.2 Å². The summed E-state index contributed by atoms with van der Waals surface area (Å²) in [5.41, 5.74) is 2.58. The fourth-order valence-corrected chi connectivity index (χ4v) is 3.11. The van der Waals surface area contributed by atoms with E-state index in [0.717, 1.165) is 11.1 Å². The summed E-state index contributed by atoms with van der Waals surface area (Å²) < 4.78 is 0. The SMILES string of the molecule is O=C1CC(c2ccccc2)c2c(Cl)ccc(Cl)c21. The fourth-order valence-electron chi connectivity index (χ4n) is 2.55. The molecule has 1 aliphatic rings. The monoisotopic (exact) mass is 276 g/mol. The highest BCUT2D eigenvalue weighted by atomic mass is 35.5. The normalized spacial score (nSPS) is 17.9. The maximum Gasteiger partial charge on any atom is 0.165 e. The smallest absolute Gasteiger partial charge is 0.165 e. The van der Waals surface area contributed by atoms with E-state index in [1.807, 2.05) is 30.3 Å². The van der Waals surface area contributed by atoms with Gasteiger partial charge in [-0.15, -0.1) is 0 Å².